The molecule has 0 aliphatic carbocycles. The first kappa shape index (κ1) is 9.03. The summed E-state index contributed by atoms with van der Waals surface area (Å²) in [4.78, 5) is 11.2. The van der Waals surface area contributed by atoms with Gasteiger partial charge in [-0.25, -0.2) is 4.79 Å². The second-order valence-corrected chi connectivity index (χ2v) is 2.79. The molecule has 1 aliphatic rings. The van der Waals surface area contributed by atoms with Gasteiger partial charge < -0.3 is 9.47 Å². The smallest absolute Gasteiger partial charge is 0.375 e. The minimum absolute atomic E-state index is 0.162. The minimum Gasteiger partial charge on any atom is -0.464 e. The van der Waals surface area contributed by atoms with Gasteiger partial charge in [0.1, 0.15) is 7.05 Å². The van der Waals surface area contributed by atoms with Crippen molar-refractivity contribution >= 4 is 11.9 Å². The molecule has 1 unspecified atom stereocenters. The number of nitrogens with zero attached hydrogens (tertiary/aromatic N) is 1. The molecule has 0 radical (unpaired) electrons. The third kappa shape index (κ3) is 1.42. The third-order valence-electron chi connectivity index (χ3n) is 2.20. The monoisotopic (exact) mass is 172 g/mol. The van der Waals surface area contributed by atoms with Crippen molar-refractivity contribution in [3.63, 3.8) is 0 Å². The van der Waals surface area contributed by atoms with Gasteiger partial charge >= 0.3 is 11.9 Å². The Hall–Kier alpha value is -1.06. The predicted molar refractivity (Wildman–Crippen MR) is 43.2 cm³/mol. The number of ether oxygens (including phenoxy) is 2. The van der Waals surface area contributed by atoms with Crippen molar-refractivity contribution in [2.45, 2.75) is 18.9 Å². The Morgan fingerprint density at radius 2 is 2.25 bits per heavy atom. The van der Waals surface area contributed by atoms with Crippen molar-refractivity contribution in [3.8, 4) is 0 Å². The summed E-state index contributed by atoms with van der Waals surface area (Å²) in [5, 5.41) is 0. The Labute approximate surface area is 71.8 Å². The number of hydrogen-bond donors (Lipinski definition) is 0. The Balaban J connectivity index is 2.72. The number of carbonyl (C=O) groups excluding carboxylic acids is 1. The van der Waals surface area contributed by atoms with E-state index in [-0.39, 0.29) is 12.0 Å². The van der Waals surface area contributed by atoms with E-state index in [4.69, 9.17) is 4.74 Å². The Morgan fingerprint density at radius 3 is 2.67 bits per heavy atom. The maximum Gasteiger partial charge on any atom is 0.375 e. The van der Waals surface area contributed by atoms with Crippen molar-refractivity contribution in [2.75, 3.05) is 21.3 Å². The highest BCUT2D eigenvalue weighted by atomic mass is 16.5. The van der Waals surface area contributed by atoms with Gasteiger partial charge in [-0.3, -0.25) is 0 Å². The first-order valence-corrected chi connectivity index (χ1v) is 3.91. The molecule has 1 atom stereocenters. The van der Waals surface area contributed by atoms with Crippen molar-refractivity contribution < 1.29 is 18.8 Å². The molecular weight excluding hydrogens is 158 g/mol. The first-order chi connectivity index (χ1) is 5.70. The summed E-state index contributed by atoms with van der Waals surface area (Å²) in [6.45, 7) is 0. The van der Waals surface area contributed by atoms with Crippen LogP contribution in [-0.4, -0.2) is 43.8 Å². The second-order valence-electron chi connectivity index (χ2n) is 2.79. The lowest BCUT2D eigenvalue weighted by Gasteiger charge is -2.03. The number of carbonyl (C=O) groups is 1. The highest BCUT2D eigenvalue weighted by Gasteiger charge is 2.37. The number of rotatable bonds is 1. The quantitative estimate of drug-likeness (QED) is 0.413. The molecule has 0 fully saturated rings. The van der Waals surface area contributed by atoms with Crippen LogP contribution >= 0.6 is 0 Å². The van der Waals surface area contributed by atoms with E-state index in [9.17, 15) is 4.79 Å². The van der Waals surface area contributed by atoms with Gasteiger partial charge in [0.15, 0.2) is 0 Å². The molecular formula is C8H14NO3+. The van der Waals surface area contributed by atoms with E-state index in [1.807, 2.05) is 11.6 Å². The van der Waals surface area contributed by atoms with Gasteiger partial charge in [0, 0.05) is 6.42 Å². The molecule has 0 amide bonds. The van der Waals surface area contributed by atoms with Gasteiger partial charge in [-0.1, -0.05) is 0 Å². The van der Waals surface area contributed by atoms with Crippen LogP contribution in [0, 0.1) is 0 Å². The summed E-state index contributed by atoms with van der Waals surface area (Å²) in [5.74, 6) is 0.662. The molecule has 0 aromatic carbocycles. The topological polar surface area (TPSA) is 38.5 Å². The zero-order chi connectivity index (χ0) is 9.14. The summed E-state index contributed by atoms with van der Waals surface area (Å²) in [5.41, 5.74) is 0. The predicted octanol–water partition coefficient (Wildman–Crippen LogP) is 0.00900. The van der Waals surface area contributed by atoms with Crippen molar-refractivity contribution in [1.29, 1.82) is 0 Å². The van der Waals surface area contributed by atoms with E-state index in [0.717, 1.165) is 18.7 Å². The van der Waals surface area contributed by atoms with Crippen molar-refractivity contribution in [1.82, 2.24) is 0 Å². The van der Waals surface area contributed by atoms with E-state index in [0.29, 0.717) is 0 Å². The average molecular weight is 172 g/mol. The molecule has 0 spiro atoms. The highest BCUT2D eigenvalue weighted by Crippen LogP contribution is 2.13. The lowest BCUT2D eigenvalue weighted by atomic mass is 10.2. The van der Waals surface area contributed by atoms with Crippen LogP contribution in [0.2, 0.25) is 0 Å². The van der Waals surface area contributed by atoms with Crippen LogP contribution in [-0.2, 0) is 14.3 Å². The van der Waals surface area contributed by atoms with E-state index in [1.54, 1.807) is 7.11 Å². The Morgan fingerprint density at radius 1 is 1.58 bits per heavy atom. The molecule has 1 aliphatic heterocycles. The molecule has 12 heavy (non-hydrogen) atoms. The van der Waals surface area contributed by atoms with Crippen LogP contribution in [0.1, 0.15) is 12.8 Å². The summed E-state index contributed by atoms with van der Waals surface area (Å²) < 4.78 is 11.6. The van der Waals surface area contributed by atoms with Crippen LogP contribution in [0.5, 0.6) is 0 Å². The summed E-state index contributed by atoms with van der Waals surface area (Å²) >= 11 is 0. The fourth-order valence-corrected chi connectivity index (χ4v) is 1.46. The minimum atomic E-state index is -0.190. The van der Waals surface area contributed by atoms with Crippen LogP contribution in [0.4, 0.5) is 0 Å². The molecule has 0 bridgehead atoms. The maximum absolute atomic E-state index is 11.2. The lowest BCUT2D eigenvalue weighted by Crippen LogP contribution is -2.30. The molecule has 1 heterocycles. The standard InChI is InChI=1S/C8H14NO3/c1-9-6(8(10)12-3)4-5-7(9)11-2/h6H,4-5H2,1-3H3/q+1. The van der Waals surface area contributed by atoms with Gasteiger partial charge in [0.2, 0.25) is 0 Å². The molecule has 4 heteroatoms. The normalized spacial score (nSPS) is 22.8. The molecule has 0 aromatic heterocycles. The fourth-order valence-electron chi connectivity index (χ4n) is 1.46. The van der Waals surface area contributed by atoms with Crippen LogP contribution < -0.4 is 0 Å². The zero-order valence-electron chi connectivity index (χ0n) is 7.66. The number of likely N-dealkylation sites (N-methyl/N-ethyl adjacent to an activating group) is 1. The molecule has 0 N–H and O–H groups in total. The summed E-state index contributed by atoms with van der Waals surface area (Å²) in [7, 11) is 4.86. The molecule has 0 saturated heterocycles. The molecule has 1 rings (SSSR count). The summed E-state index contributed by atoms with van der Waals surface area (Å²) in [6.07, 6.45) is 1.60. The molecule has 0 saturated carbocycles. The van der Waals surface area contributed by atoms with Gasteiger partial charge in [-0.15, -0.1) is 0 Å². The third-order valence-corrected chi connectivity index (χ3v) is 2.20. The van der Waals surface area contributed by atoms with E-state index in [2.05, 4.69) is 4.74 Å². The van der Waals surface area contributed by atoms with Crippen molar-refractivity contribution in [2.24, 2.45) is 0 Å². The van der Waals surface area contributed by atoms with E-state index < -0.39 is 0 Å². The molecule has 68 valence electrons. The number of methoxy groups -OCH3 is 2. The lowest BCUT2D eigenvalue weighted by molar-refractivity contribution is -0.525. The largest absolute Gasteiger partial charge is 0.464 e. The molecule has 4 nitrogen and oxygen atoms in total. The van der Waals surface area contributed by atoms with Gasteiger partial charge in [0.25, 0.3) is 6.04 Å². The number of esters is 1. The Kier molecular flexibility index (Phi) is 2.68. The Bertz CT molecular complexity index is 222. The van der Waals surface area contributed by atoms with E-state index >= 15 is 0 Å². The van der Waals surface area contributed by atoms with Crippen LogP contribution in [0.3, 0.4) is 0 Å². The van der Waals surface area contributed by atoms with Crippen LogP contribution in [0.15, 0.2) is 0 Å². The van der Waals surface area contributed by atoms with Crippen molar-refractivity contribution in [3.05, 3.63) is 0 Å². The SMILES string of the molecule is COC(=O)C1CCC(OC)=[N+]1C. The summed E-state index contributed by atoms with van der Waals surface area (Å²) in [6, 6.07) is -0.162. The number of hydrogen-bond acceptors (Lipinski definition) is 3. The van der Waals surface area contributed by atoms with Gasteiger partial charge in [-0.05, 0) is 0 Å². The fraction of sp³-hybridized carbons (Fsp3) is 0.750. The second kappa shape index (κ2) is 3.56. The highest BCUT2D eigenvalue weighted by molar-refractivity contribution is 5.80. The van der Waals surface area contributed by atoms with Gasteiger partial charge in [-0.2, -0.15) is 4.58 Å². The van der Waals surface area contributed by atoms with Crippen LogP contribution in [0.25, 0.3) is 0 Å². The zero-order valence-corrected chi connectivity index (χ0v) is 7.66. The van der Waals surface area contributed by atoms with Gasteiger partial charge in [0.05, 0.1) is 20.6 Å². The van der Waals surface area contributed by atoms with E-state index in [1.165, 1.54) is 7.11 Å². The first-order valence-electron chi connectivity index (χ1n) is 3.91. The average Bonchev–Trinajstić information content (AvgIpc) is 2.45. The maximum atomic E-state index is 11.2. The molecule has 0 aromatic rings.